The first-order valence-corrected chi connectivity index (χ1v) is 11.0. The Labute approximate surface area is 177 Å². The van der Waals surface area contributed by atoms with Gasteiger partial charge >= 0.3 is 0 Å². The van der Waals surface area contributed by atoms with Gasteiger partial charge in [-0.25, -0.2) is 0 Å². The maximum absolute atomic E-state index is 12.2. The normalized spacial score (nSPS) is 23.0. The lowest BCUT2D eigenvalue weighted by Gasteiger charge is -2.31. The molecule has 0 amide bonds. The van der Waals surface area contributed by atoms with Crippen LogP contribution >= 0.6 is 24.0 Å². The summed E-state index contributed by atoms with van der Waals surface area (Å²) in [5.74, 6) is 2.59. The van der Waals surface area contributed by atoms with Crippen LogP contribution in [0, 0.1) is 0 Å². The molecule has 1 fully saturated rings. The summed E-state index contributed by atoms with van der Waals surface area (Å²) in [5.41, 5.74) is 0. The highest BCUT2D eigenvalue weighted by Gasteiger charge is 2.26. The van der Waals surface area contributed by atoms with Gasteiger partial charge in [-0.1, -0.05) is 20.3 Å². The predicted octanol–water partition coefficient (Wildman–Crippen LogP) is 3.85. The first-order chi connectivity index (χ1) is 12.1. The Bertz CT molecular complexity index is 551. The second-order valence-corrected chi connectivity index (χ2v) is 8.82. The molecule has 0 spiro atoms. The van der Waals surface area contributed by atoms with Crippen LogP contribution in [0.3, 0.4) is 0 Å². The maximum atomic E-state index is 12.2. The molecule has 1 heterocycles. The van der Waals surface area contributed by atoms with Gasteiger partial charge in [-0.05, 0) is 44.7 Å². The van der Waals surface area contributed by atoms with Crippen LogP contribution in [0.5, 0.6) is 0 Å². The molecule has 150 valence electrons. The summed E-state index contributed by atoms with van der Waals surface area (Å²) in [5, 5.41) is 7.39. The van der Waals surface area contributed by atoms with Crippen molar-refractivity contribution in [3.63, 3.8) is 0 Å². The van der Waals surface area contributed by atoms with Crippen LogP contribution in [-0.4, -0.2) is 39.8 Å². The van der Waals surface area contributed by atoms with Crippen molar-refractivity contribution in [3.05, 3.63) is 24.2 Å². The number of aliphatic imine (C=N–C) groups is 1. The van der Waals surface area contributed by atoms with Crippen molar-refractivity contribution in [1.29, 1.82) is 0 Å². The molecule has 26 heavy (non-hydrogen) atoms. The van der Waals surface area contributed by atoms with E-state index in [9.17, 15) is 4.21 Å². The highest BCUT2D eigenvalue weighted by molar-refractivity contribution is 14.0. The van der Waals surface area contributed by atoms with Crippen LogP contribution in [0.1, 0.15) is 58.6 Å². The third-order valence-electron chi connectivity index (χ3n) is 4.83. The van der Waals surface area contributed by atoms with Crippen LogP contribution in [0.2, 0.25) is 0 Å². The minimum Gasteiger partial charge on any atom is -0.469 e. The van der Waals surface area contributed by atoms with E-state index in [1.54, 1.807) is 6.26 Å². The van der Waals surface area contributed by atoms with E-state index < -0.39 is 10.8 Å². The fourth-order valence-corrected chi connectivity index (χ4v) is 4.49. The Morgan fingerprint density at radius 1 is 1.42 bits per heavy atom. The quantitative estimate of drug-likeness (QED) is 0.327. The van der Waals surface area contributed by atoms with Crippen LogP contribution < -0.4 is 10.6 Å². The molecule has 7 heteroatoms. The molecule has 4 unspecified atom stereocenters. The number of guanidine groups is 1. The van der Waals surface area contributed by atoms with E-state index in [0.717, 1.165) is 56.0 Å². The molecular weight excluding hydrogens is 461 g/mol. The van der Waals surface area contributed by atoms with E-state index in [1.807, 2.05) is 19.1 Å². The molecular formula is C19H34IN3O2S. The minimum absolute atomic E-state index is 0. The van der Waals surface area contributed by atoms with Gasteiger partial charge in [0.05, 0.1) is 6.26 Å². The largest absolute Gasteiger partial charge is 0.469 e. The lowest BCUT2D eigenvalue weighted by molar-refractivity contribution is 0.411. The number of nitrogens with one attached hydrogen (secondary N) is 2. The summed E-state index contributed by atoms with van der Waals surface area (Å²) in [4.78, 5) is 4.73. The van der Waals surface area contributed by atoms with Crippen molar-refractivity contribution in [2.45, 2.75) is 76.6 Å². The van der Waals surface area contributed by atoms with Crippen molar-refractivity contribution in [2.24, 2.45) is 4.99 Å². The molecule has 4 atom stereocenters. The van der Waals surface area contributed by atoms with Crippen LogP contribution in [-0.2, 0) is 17.2 Å². The molecule has 0 saturated heterocycles. The van der Waals surface area contributed by atoms with Crippen LogP contribution in [0.25, 0.3) is 0 Å². The minimum atomic E-state index is -0.700. The average molecular weight is 495 g/mol. The second-order valence-electron chi connectivity index (χ2n) is 6.81. The standard InChI is InChI=1S/C19H33N3O2S.HI/c1-4-15(3)21-19(20-12-11-17-9-7-13-24-17)22-16-8-6-10-18(14-16)25(23)5-2;/h7,9,13,15-16,18H,4-6,8,10-12,14H2,1-3H3,(H2,20,21,22);1H. The molecule has 0 aromatic carbocycles. The Balaban J connectivity index is 0.00000338. The smallest absolute Gasteiger partial charge is 0.191 e. The predicted molar refractivity (Wildman–Crippen MR) is 121 cm³/mol. The fourth-order valence-electron chi connectivity index (χ4n) is 3.15. The van der Waals surface area contributed by atoms with E-state index in [-0.39, 0.29) is 24.0 Å². The van der Waals surface area contributed by atoms with Gasteiger partial charge in [-0.15, -0.1) is 24.0 Å². The number of hydrogen-bond acceptors (Lipinski definition) is 3. The molecule has 1 aromatic heterocycles. The Kier molecular flexibility index (Phi) is 11.5. The van der Waals surface area contributed by atoms with Gasteiger partial charge < -0.3 is 15.1 Å². The fraction of sp³-hybridized carbons (Fsp3) is 0.737. The zero-order valence-corrected chi connectivity index (χ0v) is 19.3. The lowest BCUT2D eigenvalue weighted by atomic mass is 9.95. The number of hydrogen-bond donors (Lipinski definition) is 2. The molecule has 1 aliphatic carbocycles. The highest BCUT2D eigenvalue weighted by Crippen LogP contribution is 2.23. The Morgan fingerprint density at radius 2 is 2.23 bits per heavy atom. The molecule has 1 aromatic rings. The van der Waals surface area contributed by atoms with E-state index >= 15 is 0 Å². The molecule has 0 radical (unpaired) electrons. The lowest BCUT2D eigenvalue weighted by Crippen LogP contribution is -2.49. The summed E-state index contributed by atoms with van der Waals surface area (Å²) in [6, 6.07) is 4.62. The van der Waals surface area contributed by atoms with Gasteiger partial charge in [0.25, 0.3) is 0 Å². The van der Waals surface area contributed by atoms with Crippen molar-refractivity contribution in [2.75, 3.05) is 12.3 Å². The molecule has 1 aliphatic rings. The van der Waals surface area contributed by atoms with Gasteiger partial charge in [-0.3, -0.25) is 9.20 Å². The van der Waals surface area contributed by atoms with Gasteiger partial charge in [-0.2, -0.15) is 0 Å². The van der Waals surface area contributed by atoms with E-state index in [1.165, 1.54) is 0 Å². The Hall–Kier alpha value is -0.570. The van der Waals surface area contributed by atoms with Crippen molar-refractivity contribution >= 4 is 40.7 Å². The highest BCUT2D eigenvalue weighted by atomic mass is 127. The number of furan rings is 1. The van der Waals surface area contributed by atoms with Crippen molar-refractivity contribution in [3.8, 4) is 0 Å². The number of nitrogens with zero attached hydrogens (tertiary/aromatic N) is 1. The van der Waals surface area contributed by atoms with Crippen LogP contribution in [0.4, 0.5) is 0 Å². The van der Waals surface area contributed by atoms with Gasteiger partial charge in [0.2, 0.25) is 0 Å². The summed E-state index contributed by atoms with van der Waals surface area (Å²) < 4.78 is 17.5. The topological polar surface area (TPSA) is 66.6 Å². The summed E-state index contributed by atoms with van der Waals surface area (Å²) in [6.45, 7) is 7.04. The summed E-state index contributed by atoms with van der Waals surface area (Å²) >= 11 is 0. The van der Waals surface area contributed by atoms with Crippen molar-refractivity contribution < 1.29 is 8.63 Å². The number of halogens is 1. The SMILES string of the molecule is CCC(C)NC(=NCCc1ccco1)NC1CCCC(S(=O)CC)C1.I. The van der Waals surface area contributed by atoms with Crippen molar-refractivity contribution in [1.82, 2.24) is 10.6 Å². The zero-order chi connectivity index (χ0) is 18.1. The second kappa shape index (κ2) is 12.8. The van der Waals surface area contributed by atoms with Gasteiger partial charge in [0.1, 0.15) is 5.76 Å². The monoisotopic (exact) mass is 495 g/mol. The van der Waals surface area contributed by atoms with Gasteiger partial charge in [0, 0.05) is 46.9 Å². The zero-order valence-electron chi connectivity index (χ0n) is 16.2. The maximum Gasteiger partial charge on any atom is 0.191 e. The molecule has 5 nitrogen and oxygen atoms in total. The first-order valence-electron chi connectivity index (χ1n) is 9.59. The Morgan fingerprint density at radius 3 is 2.88 bits per heavy atom. The molecule has 0 aliphatic heterocycles. The molecule has 0 bridgehead atoms. The summed E-state index contributed by atoms with van der Waals surface area (Å²) in [7, 11) is -0.700. The molecule has 2 rings (SSSR count). The first kappa shape index (κ1) is 23.5. The van der Waals surface area contributed by atoms with Gasteiger partial charge in [0.15, 0.2) is 5.96 Å². The van der Waals surface area contributed by atoms with E-state index in [0.29, 0.717) is 23.9 Å². The van der Waals surface area contributed by atoms with Crippen LogP contribution in [0.15, 0.2) is 27.8 Å². The molecule has 2 N–H and O–H groups in total. The average Bonchev–Trinajstić information content (AvgIpc) is 3.14. The van der Waals surface area contributed by atoms with E-state index in [4.69, 9.17) is 9.41 Å². The third kappa shape index (κ3) is 7.98. The van der Waals surface area contributed by atoms with E-state index in [2.05, 4.69) is 24.5 Å². The summed E-state index contributed by atoms with van der Waals surface area (Å²) in [6.07, 6.45) is 7.86. The molecule has 1 saturated carbocycles. The number of rotatable bonds is 8. The third-order valence-corrected chi connectivity index (χ3v) is 6.57.